The summed E-state index contributed by atoms with van der Waals surface area (Å²) in [6, 6.07) is 0.0926. The Bertz CT molecular complexity index is 245. The molecule has 4 heteroatoms. The van der Waals surface area contributed by atoms with Crippen LogP contribution in [0.3, 0.4) is 0 Å². The summed E-state index contributed by atoms with van der Waals surface area (Å²) in [5.41, 5.74) is -0.466. The molecule has 0 heterocycles. The fourth-order valence-corrected chi connectivity index (χ4v) is 1.75. The molecule has 2 atom stereocenters. The van der Waals surface area contributed by atoms with Crippen molar-refractivity contribution >= 4 is 12.4 Å². The summed E-state index contributed by atoms with van der Waals surface area (Å²) in [6.07, 6.45) is 3.05. The molecule has 0 aromatic rings. The topological polar surface area (TPSA) is 55.4 Å². The number of rotatable bonds is 2. The van der Waals surface area contributed by atoms with Gasteiger partial charge >= 0.3 is 6.09 Å². The number of hydrogen-bond donors (Lipinski definition) is 1. The Morgan fingerprint density at radius 3 is 2.53 bits per heavy atom. The van der Waals surface area contributed by atoms with Gasteiger partial charge in [-0.3, -0.25) is 0 Å². The molecule has 0 bridgehead atoms. The van der Waals surface area contributed by atoms with E-state index < -0.39 is 5.60 Å². The molecule has 1 N–H and O–H groups in total. The van der Waals surface area contributed by atoms with E-state index >= 15 is 0 Å². The first kappa shape index (κ1) is 12.0. The Kier molecular flexibility index (Phi) is 3.72. The fourth-order valence-electron chi connectivity index (χ4n) is 1.75. The van der Waals surface area contributed by atoms with E-state index in [-0.39, 0.29) is 18.1 Å². The third-order valence-electron chi connectivity index (χ3n) is 2.39. The van der Waals surface area contributed by atoms with Crippen LogP contribution in [0.5, 0.6) is 0 Å². The summed E-state index contributed by atoms with van der Waals surface area (Å²) < 4.78 is 5.13. The Balaban J connectivity index is 2.31. The zero-order chi connectivity index (χ0) is 11.5. The molecule has 1 aliphatic rings. The number of hydrogen-bond acceptors (Lipinski definition) is 3. The van der Waals surface area contributed by atoms with Crippen LogP contribution < -0.4 is 5.32 Å². The van der Waals surface area contributed by atoms with Crippen LogP contribution in [0.1, 0.15) is 40.0 Å². The lowest BCUT2D eigenvalue weighted by molar-refractivity contribution is -0.110. The normalized spacial score (nSPS) is 26.1. The summed E-state index contributed by atoms with van der Waals surface area (Å²) in [6.45, 7) is 5.49. The number of amides is 1. The molecule has 0 radical (unpaired) electrons. The molecule has 1 fully saturated rings. The molecular formula is C11H19NO3. The van der Waals surface area contributed by atoms with Crippen molar-refractivity contribution < 1.29 is 14.3 Å². The van der Waals surface area contributed by atoms with Gasteiger partial charge in [0, 0.05) is 12.0 Å². The van der Waals surface area contributed by atoms with E-state index in [2.05, 4.69) is 5.32 Å². The third-order valence-corrected chi connectivity index (χ3v) is 2.39. The summed E-state index contributed by atoms with van der Waals surface area (Å²) >= 11 is 0. The highest BCUT2D eigenvalue weighted by Gasteiger charge is 2.27. The summed E-state index contributed by atoms with van der Waals surface area (Å²) in [5.74, 6) is 0.102. The summed E-state index contributed by atoms with van der Waals surface area (Å²) in [5, 5.41) is 2.78. The van der Waals surface area contributed by atoms with Crippen molar-refractivity contribution in [3.8, 4) is 0 Å². The fraction of sp³-hybridized carbons (Fsp3) is 0.818. The van der Waals surface area contributed by atoms with Crippen LogP contribution in [-0.4, -0.2) is 24.0 Å². The van der Waals surface area contributed by atoms with Crippen molar-refractivity contribution in [2.75, 3.05) is 0 Å². The molecule has 1 rings (SSSR count). The van der Waals surface area contributed by atoms with Crippen molar-refractivity contribution in [2.45, 2.75) is 51.7 Å². The average molecular weight is 213 g/mol. The van der Waals surface area contributed by atoms with E-state index in [1.807, 2.05) is 20.8 Å². The number of ether oxygens (including phenoxy) is 1. The molecule has 0 aromatic carbocycles. The predicted molar refractivity (Wildman–Crippen MR) is 56.6 cm³/mol. The van der Waals surface area contributed by atoms with Gasteiger partial charge in [-0.25, -0.2) is 4.79 Å². The zero-order valence-electron chi connectivity index (χ0n) is 9.58. The van der Waals surface area contributed by atoms with Gasteiger partial charge in [-0.15, -0.1) is 0 Å². The van der Waals surface area contributed by atoms with Gasteiger partial charge in [-0.2, -0.15) is 0 Å². The van der Waals surface area contributed by atoms with E-state index in [4.69, 9.17) is 4.74 Å². The Hall–Kier alpha value is -1.06. The van der Waals surface area contributed by atoms with Gasteiger partial charge in [0.25, 0.3) is 0 Å². The highest BCUT2D eigenvalue weighted by molar-refractivity contribution is 5.68. The molecule has 4 nitrogen and oxygen atoms in total. The summed E-state index contributed by atoms with van der Waals surface area (Å²) in [4.78, 5) is 21.9. The smallest absolute Gasteiger partial charge is 0.407 e. The maximum Gasteiger partial charge on any atom is 0.407 e. The highest BCUT2D eigenvalue weighted by atomic mass is 16.6. The number of alkyl carbamates (subject to hydrolysis) is 1. The van der Waals surface area contributed by atoms with Crippen LogP contribution in [0, 0.1) is 5.92 Å². The first-order valence-electron chi connectivity index (χ1n) is 5.35. The molecule has 0 spiro atoms. The van der Waals surface area contributed by atoms with Gasteiger partial charge in [0.2, 0.25) is 0 Å². The molecule has 86 valence electrons. The number of nitrogens with one attached hydrogen (secondary N) is 1. The second kappa shape index (κ2) is 4.64. The van der Waals surface area contributed by atoms with E-state index in [9.17, 15) is 9.59 Å². The molecule has 0 aromatic heterocycles. The van der Waals surface area contributed by atoms with E-state index in [1.54, 1.807) is 0 Å². The van der Waals surface area contributed by atoms with Crippen LogP contribution in [0.4, 0.5) is 4.79 Å². The van der Waals surface area contributed by atoms with Crippen LogP contribution in [-0.2, 0) is 9.53 Å². The van der Waals surface area contributed by atoms with E-state index in [0.29, 0.717) is 0 Å². The maximum atomic E-state index is 11.4. The van der Waals surface area contributed by atoms with Crippen molar-refractivity contribution in [1.82, 2.24) is 5.32 Å². The Morgan fingerprint density at radius 2 is 2.07 bits per heavy atom. The molecule has 0 aliphatic heterocycles. The lowest BCUT2D eigenvalue weighted by atomic mass is 10.1. The standard InChI is InChI=1S/C11H19NO3/c1-11(2,3)15-10(14)12-9-5-4-8(6-9)7-13/h7-9H,4-6H2,1-3H3,(H,12,14)/t8-,9-/m1/s1. The van der Waals surface area contributed by atoms with Crippen molar-refractivity contribution in [2.24, 2.45) is 5.92 Å². The van der Waals surface area contributed by atoms with Crippen molar-refractivity contribution in [3.63, 3.8) is 0 Å². The van der Waals surface area contributed by atoms with E-state index in [0.717, 1.165) is 25.5 Å². The molecule has 0 unspecified atom stereocenters. The second-order valence-electron chi connectivity index (χ2n) is 5.05. The average Bonchev–Trinajstić information content (AvgIpc) is 2.48. The Morgan fingerprint density at radius 1 is 1.40 bits per heavy atom. The van der Waals surface area contributed by atoms with Gasteiger partial charge in [0.1, 0.15) is 11.9 Å². The molecule has 15 heavy (non-hydrogen) atoms. The molecular weight excluding hydrogens is 194 g/mol. The largest absolute Gasteiger partial charge is 0.444 e. The van der Waals surface area contributed by atoms with Crippen molar-refractivity contribution in [1.29, 1.82) is 0 Å². The van der Waals surface area contributed by atoms with Crippen LogP contribution in [0.2, 0.25) is 0 Å². The molecule has 1 amide bonds. The molecule has 0 saturated heterocycles. The summed E-state index contributed by atoms with van der Waals surface area (Å²) in [7, 11) is 0. The van der Waals surface area contributed by atoms with Crippen molar-refractivity contribution in [3.05, 3.63) is 0 Å². The number of aldehydes is 1. The lowest BCUT2D eigenvalue weighted by Crippen LogP contribution is -2.37. The van der Waals surface area contributed by atoms with Crippen LogP contribution in [0.25, 0.3) is 0 Å². The lowest BCUT2D eigenvalue weighted by Gasteiger charge is -2.21. The highest BCUT2D eigenvalue weighted by Crippen LogP contribution is 2.23. The minimum atomic E-state index is -0.466. The van der Waals surface area contributed by atoms with Gasteiger partial charge in [-0.05, 0) is 40.0 Å². The third kappa shape index (κ3) is 4.32. The van der Waals surface area contributed by atoms with Crippen LogP contribution >= 0.6 is 0 Å². The first-order valence-corrected chi connectivity index (χ1v) is 5.35. The van der Waals surface area contributed by atoms with E-state index in [1.165, 1.54) is 0 Å². The SMILES string of the molecule is CC(C)(C)OC(=O)N[C@@H]1CC[C@@H](C=O)C1. The predicted octanol–water partition coefficient (Wildman–Crippen LogP) is 1.88. The first-order chi connectivity index (χ1) is 6.90. The molecule has 1 saturated carbocycles. The van der Waals surface area contributed by atoms with Crippen LogP contribution in [0.15, 0.2) is 0 Å². The minimum Gasteiger partial charge on any atom is -0.444 e. The quantitative estimate of drug-likeness (QED) is 0.712. The monoisotopic (exact) mass is 213 g/mol. The van der Waals surface area contributed by atoms with Gasteiger partial charge in [0.15, 0.2) is 0 Å². The van der Waals surface area contributed by atoms with Gasteiger partial charge in [-0.1, -0.05) is 0 Å². The van der Waals surface area contributed by atoms with Gasteiger partial charge < -0.3 is 14.8 Å². The maximum absolute atomic E-state index is 11.4. The minimum absolute atomic E-state index is 0.0926. The second-order valence-corrected chi connectivity index (χ2v) is 5.05. The number of carbonyl (C=O) groups excluding carboxylic acids is 2. The van der Waals surface area contributed by atoms with Gasteiger partial charge in [0.05, 0.1) is 0 Å². The molecule has 1 aliphatic carbocycles. The Labute approximate surface area is 90.4 Å². The number of carbonyl (C=O) groups is 2. The zero-order valence-corrected chi connectivity index (χ0v) is 9.58.